The van der Waals surface area contributed by atoms with E-state index in [1.54, 1.807) is 0 Å². The molecule has 0 fully saturated rings. The molecule has 0 radical (unpaired) electrons. The summed E-state index contributed by atoms with van der Waals surface area (Å²) in [5.41, 5.74) is 3.52. The molecule has 0 saturated heterocycles. The first-order valence-corrected chi connectivity index (χ1v) is 5.23. The molecule has 0 bridgehead atoms. The SMILES string of the molecule is CC1=C(c2ccccc2)NC(C)N=C1C#N. The average molecular weight is 211 g/mol. The van der Waals surface area contributed by atoms with Crippen molar-refractivity contribution in [2.45, 2.75) is 20.0 Å². The summed E-state index contributed by atoms with van der Waals surface area (Å²) in [4.78, 5) is 4.24. The Hall–Kier alpha value is -2.08. The van der Waals surface area contributed by atoms with Gasteiger partial charge in [0.25, 0.3) is 0 Å². The molecule has 3 nitrogen and oxygen atoms in total. The van der Waals surface area contributed by atoms with Crippen molar-refractivity contribution in [3.05, 3.63) is 41.5 Å². The van der Waals surface area contributed by atoms with E-state index in [4.69, 9.17) is 5.26 Å². The predicted octanol–water partition coefficient (Wildman–Crippen LogP) is 2.33. The quantitative estimate of drug-likeness (QED) is 0.775. The summed E-state index contributed by atoms with van der Waals surface area (Å²) < 4.78 is 0. The van der Waals surface area contributed by atoms with Crippen molar-refractivity contribution in [1.29, 1.82) is 5.26 Å². The molecule has 16 heavy (non-hydrogen) atoms. The van der Waals surface area contributed by atoms with E-state index in [0.717, 1.165) is 16.8 Å². The van der Waals surface area contributed by atoms with Gasteiger partial charge < -0.3 is 5.32 Å². The Bertz CT molecular complexity index is 492. The summed E-state index contributed by atoms with van der Waals surface area (Å²) >= 11 is 0. The minimum Gasteiger partial charge on any atom is -0.363 e. The van der Waals surface area contributed by atoms with Crippen LogP contribution in [0.1, 0.15) is 19.4 Å². The van der Waals surface area contributed by atoms with E-state index >= 15 is 0 Å². The Morgan fingerprint density at radius 2 is 2.00 bits per heavy atom. The van der Waals surface area contributed by atoms with Gasteiger partial charge in [0.15, 0.2) is 0 Å². The number of hydrogen-bond acceptors (Lipinski definition) is 3. The maximum absolute atomic E-state index is 9.00. The van der Waals surface area contributed by atoms with Crippen LogP contribution in [0.15, 0.2) is 40.9 Å². The van der Waals surface area contributed by atoms with E-state index in [0.29, 0.717) is 5.71 Å². The van der Waals surface area contributed by atoms with Crippen molar-refractivity contribution in [2.75, 3.05) is 0 Å². The summed E-state index contributed by atoms with van der Waals surface area (Å²) in [5, 5.41) is 12.3. The number of rotatable bonds is 1. The van der Waals surface area contributed by atoms with Crippen molar-refractivity contribution in [2.24, 2.45) is 4.99 Å². The molecule has 1 aromatic carbocycles. The van der Waals surface area contributed by atoms with Gasteiger partial charge in [0.05, 0.1) is 0 Å². The van der Waals surface area contributed by atoms with E-state index < -0.39 is 0 Å². The minimum absolute atomic E-state index is 0.0476. The third-order valence-corrected chi connectivity index (χ3v) is 2.57. The van der Waals surface area contributed by atoms with Gasteiger partial charge in [-0.15, -0.1) is 0 Å². The molecule has 1 heterocycles. The van der Waals surface area contributed by atoms with Gasteiger partial charge in [0.1, 0.15) is 17.9 Å². The smallest absolute Gasteiger partial charge is 0.142 e. The zero-order valence-corrected chi connectivity index (χ0v) is 9.36. The van der Waals surface area contributed by atoms with Crippen LogP contribution in [-0.4, -0.2) is 11.9 Å². The number of hydrogen-bond donors (Lipinski definition) is 1. The van der Waals surface area contributed by atoms with Gasteiger partial charge in [-0.1, -0.05) is 30.3 Å². The molecule has 1 aliphatic rings. The summed E-state index contributed by atoms with van der Waals surface area (Å²) in [5.74, 6) is 0. The first-order chi connectivity index (χ1) is 7.72. The third-order valence-electron chi connectivity index (χ3n) is 2.57. The van der Waals surface area contributed by atoms with Gasteiger partial charge in [0.2, 0.25) is 0 Å². The lowest BCUT2D eigenvalue weighted by Gasteiger charge is -2.22. The molecular weight excluding hydrogens is 198 g/mol. The van der Waals surface area contributed by atoms with E-state index in [-0.39, 0.29) is 6.17 Å². The van der Waals surface area contributed by atoms with Crippen LogP contribution in [0.3, 0.4) is 0 Å². The average Bonchev–Trinajstić information content (AvgIpc) is 2.33. The van der Waals surface area contributed by atoms with Crippen LogP contribution in [0.5, 0.6) is 0 Å². The molecule has 1 atom stereocenters. The molecule has 0 saturated carbocycles. The number of nitrogens with one attached hydrogen (secondary N) is 1. The summed E-state index contributed by atoms with van der Waals surface area (Å²) in [7, 11) is 0. The molecule has 3 heteroatoms. The zero-order valence-electron chi connectivity index (χ0n) is 9.36. The first-order valence-electron chi connectivity index (χ1n) is 5.23. The van der Waals surface area contributed by atoms with Crippen molar-refractivity contribution in [3.63, 3.8) is 0 Å². The Morgan fingerprint density at radius 3 is 2.62 bits per heavy atom. The summed E-state index contributed by atoms with van der Waals surface area (Å²) in [6.07, 6.45) is -0.0476. The molecule has 0 aliphatic carbocycles. The molecule has 0 aromatic heterocycles. The van der Waals surface area contributed by atoms with Crippen molar-refractivity contribution < 1.29 is 0 Å². The Morgan fingerprint density at radius 1 is 1.31 bits per heavy atom. The van der Waals surface area contributed by atoms with Crippen molar-refractivity contribution >= 4 is 11.4 Å². The highest BCUT2D eigenvalue weighted by molar-refractivity contribution is 6.15. The third kappa shape index (κ3) is 1.82. The van der Waals surface area contributed by atoms with Crippen LogP contribution >= 0.6 is 0 Å². The normalized spacial score (nSPS) is 19.8. The lowest BCUT2D eigenvalue weighted by molar-refractivity contribution is 0.677. The van der Waals surface area contributed by atoms with Gasteiger partial charge in [-0.2, -0.15) is 5.26 Å². The number of aliphatic imine (C=N–C) groups is 1. The molecule has 2 rings (SSSR count). The van der Waals surface area contributed by atoms with Crippen LogP contribution in [0.25, 0.3) is 5.70 Å². The fourth-order valence-electron chi connectivity index (χ4n) is 1.78. The van der Waals surface area contributed by atoms with E-state index in [2.05, 4.69) is 16.4 Å². The summed E-state index contributed by atoms with van der Waals surface area (Å²) in [6.45, 7) is 3.86. The predicted molar refractivity (Wildman–Crippen MR) is 64.7 cm³/mol. The molecule has 1 aliphatic heterocycles. The number of allylic oxidation sites excluding steroid dienone is 1. The zero-order chi connectivity index (χ0) is 11.5. The second-order valence-corrected chi connectivity index (χ2v) is 3.78. The second kappa shape index (κ2) is 4.19. The standard InChI is InChI=1S/C13H13N3/c1-9-12(8-14)15-10(2)16-13(9)11-6-4-3-5-7-11/h3-7,10,16H,1-2H3. The van der Waals surface area contributed by atoms with E-state index in [1.807, 2.05) is 44.2 Å². The van der Waals surface area contributed by atoms with Crippen LogP contribution in [0, 0.1) is 11.3 Å². The second-order valence-electron chi connectivity index (χ2n) is 3.78. The molecule has 1 N–H and O–H groups in total. The number of nitrogens with zero attached hydrogens (tertiary/aromatic N) is 2. The molecule has 1 unspecified atom stereocenters. The van der Waals surface area contributed by atoms with Gasteiger partial charge >= 0.3 is 0 Å². The Kier molecular flexibility index (Phi) is 2.74. The lowest BCUT2D eigenvalue weighted by Crippen LogP contribution is -2.30. The van der Waals surface area contributed by atoms with Gasteiger partial charge in [-0.25, -0.2) is 4.99 Å². The lowest BCUT2D eigenvalue weighted by atomic mass is 10.0. The fourth-order valence-corrected chi connectivity index (χ4v) is 1.78. The van der Waals surface area contributed by atoms with Crippen LogP contribution in [0.2, 0.25) is 0 Å². The molecule has 1 aromatic rings. The van der Waals surface area contributed by atoms with Gasteiger partial charge in [-0.05, 0) is 19.4 Å². The molecular formula is C13H13N3. The van der Waals surface area contributed by atoms with Crippen molar-refractivity contribution in [3.8, 4) is 6.07 Å². The largest absolute Gasteiger partial charge is 0.363 e. The molecule has 0 amide bonds. The Balaban J connectivity index is 2.49. The topological polar surface area (TPSA) is 48.2 Å². The minimum atomic E-state index is -0.0476. The highest BCUT2D eigenvalue weighted by atomic mass is 15.1. The fraction of sp³-hybridized carbons (Fsp3) is 0.231. The highest BCUT2D eigenvalue weighted by Crippen LogP contribution is 2.21. The maximum atomic E-state index is 9.00. The van der Waals surface area contributed by atoms with E-state index in [9.17, 15) is 0 Å². The van der Waals surface area contributed by atoms with E-state index in [1.165, 1.54) is 0 Å². The maximum Gasteiger partial charge on any atom is 0.142 e. The van der Waals surface area contributed by atoms with Gasteiger partial charge in [0, 0.05) is 11.3 Å². The van der Waals surface area contributed by atoms with Crippen molar-refractivity contribution in [1.82, 2.24) is 5.32 Å². The number of nitriles is 1. The van der Waals surface area contributed by atoms with Crippen LogP contribution in [-0.2, 0) is 0 Å². The Labute approximate surface area is 95.1 Å². The summed E-state index contributed by atoms with van der Waals surface area (Å²) in [6, 6.07) is 12.1. The van der Waals surface area contributed by atoms with Gasteiger partial charge in [-0.3, -0.25) is 0 Å². The highest BCUT2D eigenvalue weighted by Gasteiger charge is 2.18. The first kappa shape index (κ1) is 10.4. The monoisotopic (exact) mass is 211 g/mol. The molecule has 0 spiro atoms. The number of benzene rings is 1. The molecule has 80 valence electrons. The van der Waals surface area contributed by atoms with Crippen LogP contribution in [0.4, 0.5) is 0 Å². The van der Waals surface area contributed by atoms with Crippen LogP contribution < -0.4 is 5.32 Å².